The molecule has 3 rings (SSSR count). The first kappa shape index (κ1) is 21.5. The molecular formula is C22H23NO4S2. The molecule has 0 saturated carbocycles. The summed E-state index contributed by atoms with van der Waals surface area (Å²) in [4.78, 5) is 40.1. The molecule has 1 fully saturated rings. The van der Waals surface area contributed by atoms with Gasteiger partial charge in [0.15, 0.2) is 0 Å². The maximum atomic E-state index is 12.8. The lowest BCUT2D eigenvalue weighted by Gasteiger charge is -2.25. The van der Waals surface area contributed by atoms with E-state index in [0.717, 1.165) is 16.7 Å². The summed E-state index contributed by atoms with van der Waals surface area (Å²) in [6.45, 7) is 3.82. The SMILES string of the molecule is CC(C)C(=O)N1CC(Sc2ccccc2)C(SC(=O)c2ccccc2)[C@@H]1C(=O)O. The van der Waals surface area contributed by atoms with Crippen LogP contribution in [0.5, 0.6) is 0 Å². The van der Waals surface area contributed by atoms with Crippen molar-refractivity contribution in [3.63, 3.8) is 0 Å². The third-order valence-electron chi connectivity index (χ3n) is 4.70. The Bertz CT molecular complexity index is 873. The molecule has 0 aromatic heterocycles. The first-order chi connectivity index (χ1) is 13.9. The van der Waals surface area contributed by atoms with E-state index in [2.05, 4.69) is 0 Å². The van der Waals surface area contributed by atoms with Crippen molar-refractivity contribution in [3.05, 3.63) is 66.2 Å². The van der Waals surface area contributed by atoms with E-state index >= 15 is 0 Å². The molecule has 0 spiro atoms. The Morgan fingerprint density at radius 3 is 2.14 bits per heavy atom. The maximum Gasteiger partial charge on any atom is 0.327 e. The topological polar surface area (TPSA) is 74.7 Å². The fourth-order valence-electron chi connectivity index (χ4n) is 3.31. The standard InChI is InChI=1S/C22H23NO4S2/c1-14(2)20(24)23-13-17(28-16-11-7-4-8-12-16)19(18(23)21(25)26)29-22(27)15-9-5-3-6-10-15/h3-12,14,17-19H,13H2,1-2H3,(H,25,26)/t17?,18-,19?/m1/s1. The summed E-state index contributed by atoms with van der Waals surface area (Å²) in [6.07, 6.45) is 0. The second-order valence-corrected chi connectivity index (χ2v) is 9.60. The molecule has 0 aliphatic carbocycles. The van der Waals surface area contributed by atoms with Crippen molar-refractivity contribution < 1.29 is 19.5 Å². The van der Waals surface area contributed by atoms with Gasteiger partial charge in [-0.2, -0.15) is 0 Å². The summed E-state index contributed by atoms with van der Waals surface area (Å²) in [5.41, 5.74) is 0.527. The van der Waals surface area contributed by atoms with Crippen LogP contribution >= 0.6 is 23.5 Å². The smallest absolute Gasteiger partial charge is 0.327 e. The number of amides is 1. The van der Waals surface area contributed by atoms with Gasteiger partial charge in [-0.25, -0.2) is 4.79 Å². The minimum absolute atomic E-state index is 0.181. The lowest BCUT2D eigenvalue weighted by atomic mass is 10.1. The predicted octanol–water partition coefficient (Wildman–Crippen LogP) is 4.04. The number of hydrogen-bond donors (Lipinski definition) is 1. The number of carbonyl (C=O) groups is 3. The van der Waals surface area contributed by atoms with Crippen LogP contribution in [0.25, 0.3) is 0 Å². The van der Waals surface area contributed by atoms with Gasteiger partial charge in [-0.3, -0.25) is 9.59 Å². The van der Waals surface area contributed by atoms with Crippen molar-refractivity contribution >= 4 is 40.5 Å². The van der Waals surface area contributed by atoms with Gasteiger partial charge in [0.2, 0.25) is 11.0 Å². The van der Waals surface area contributed by atoms with Crippen LogP contribution in [-0.4, -0.2) is 50.1 Å². The molecule has 1 heterocycles. The predicted molar refractivity (Wildman–Crippen MR) is 116 cm³/mol. The molecule has 2 unspecified atom stereocenters. The third kappa shape index (κ3) is 5.03. The van der Waals surface area contributed by atoms with Crippen LogP contribution in [0.4, 0.5) is 0 Å². The minimum Gasteiger partial charge on any atom is -0.480 e. The molecule has 1 aliphatic rings. The number of carboxylic acid groups (broad SMARTS) is 1. The number of rotatable bonds is 6. The summed E-state index contributed by atoms with van der Waals surface area (Å²) in [5.74, 6) is -1.59. The molecule has 7 heteroatoms. The molecule has 1 saturated heterocycles. The van der Waals surface area contributed by atoms with Crippen molar-refractivity contribution in [2.75, 3.05) is 6.54 Å². The third-order valence-corrected chi connectivity index (χ3v) is 7.47. The quantitative estimate of drug-likeness (QED) is 0.747. The van der Waals surface area contributed by atoms with Crippen LogP contribution in [0.3, 0.4) is 0 Å². The number of hydrogen-bond acceptors (Lipinski definition) is 5. The van der Waals surface area contributed by atoms with Gasteiger partial charge in [0, 0.05) is 28.2 Å². The molecule has 29 heavy (non-hydrogen) atoms. The van der Waals surface area contributed by atoms with E-state index in [4.69, 9.17) is 0 Å². The number of benzene rings is 2. The maximum absolute atomic E-state index is 12.8. The average Bonchev–Trinajstić information content (AvgIpc) is 3.06. The molecule has 5 nitrogen and oxygen atoms in total. The number of nitrogens with zero attached hydrogens (tertiary/aromatic N) is 1. The van der Waals surface area contributed by atoms with Crippen LogP contribution in [-0.2, 0) is 9.59 Å². The zero-order valence-corrected chi connectivity index (χ0v) is 17.9. The van der Waals surface area contributed by atoms with E-state index in [1.54, 1.807) is 38.1 Å². The second-order valence-electron chi connectivity index (χ2n) is 7.13. The highest BCUT2D eigenvalue weighted by atomic mass is 32.2. The Morgan fingerprint density at radius 1 is 1.00 bits per heavy atom. The summed E-state index contributed by atoms with van der Waals surface area (Å²) >= 11 is 2.54. The van der Waals surface area contributed by atoms with E-state index in [1.165, 1.54) is 16.7 Å². The lowest BCUT2D eigenvalue weighted by molar-refractivity contribution is -0.149. The van der Waals surface area contributed by atoms with E-state index in [9.17, 15) is 19.5 Å². The van der Waals surface area contributed by atoms with Gasteiger partial charge in [0.25, 0.3) is 0 Å². The molecule has 0 radical (unpaired) electrons. The van der Waals surface area contributed by atoms with Gasteiger partial charge in [-0.05, 0) is 12.1 Å². The largest absolute Gasteiger partial charge is 0.480 e. The zero-order chi connectivity index (χ0) is 21.0. The molecule has 1 amide bonds. The number of carboxylic acids is 1. The average molecular weight is 430 g/mol. The Balaban J connectivity index is 1.91. The van der Waals surface area contributed by atoms with Gasteiger partial charge in [-0.15, -0.1) is 11.8 Å². The van der Waals surface area contributed by atoms with Gasteiger partial charge in [0.05, 0.1) is 5.25 Å². The van der Waals surface area contributed by atoms with Crippen molar-refractivity contribution in [1.29, 1.82) is 0 Å². The molecule has 152 valence electrons. The fourth-order valence-corrected chi connectivity index (χ4v) is 5.97. The Hall–Kier alpha value is -2.25. The summed E-state index contributed by atoms with van der Waals surface area (Å²) in [5, 5.41) is 8.99. The molecule has 3 atom stereocenters. The van der Waals surface area contributed by atoms with Crippen LogP contribution in [0.2, 0.25) is 0 Å². The van der Waals surface area contributed by atoms with Crippen molar-refractivity contribution in [2.24, 2.45) is 5.92 Å². The summed E-state index contributed by atoms with van der Waals surface area (Å²) < 4.78 is 0. The molecule has 1 aliphatic heterocycles. The highest BCUT2D eigenvalue weighted by molar-refractivity contribution is 8.15. The monoisotopic (exact) mass is 429 g/mol. The van der Waals surface area contributed by atoms with Gasteiger partial charge in [-0.1, -0.05) is 74.1 Å². The van der Waals surface area contributed by atoms with Crippen LogP contribution in [0.15, 0.2) is 65.6 Å². The highest BCUT2D eigenvalue weighted by Crippen LogP contribution is 2.41. The normalized spacial score (nSPS) is 21.3. The second kappa shape index (κ2) is 9.50. The van der Waals surface area contributed by atoms with Crippen LogP contribution in [0, 0.1) is 5.92 Å². The van der Waals surface area contributed by atoms with Crippen molar-refractivity contribution in [1.82, 2.24) is 4.90 Å². The highest BCUT2D eigenvalue weighted by Gasteiger charge is 2.50. The Morgan fingerprint density at radius 2 is 1.59 bits per heavy atom. The van der Waals surface area contributed by atoms with Gasteiger partial charge >= 0.3 is 5.97 Å². The van der Waals surface area contributed by atoms with Crippen molar-refractivity contribution in [2.45, 2.75) is 35.3 Å². The number of carbonyl (C=O) groups excluding carboxylic acids is 2. The van der Waals surface area contributed by atoms with Crippen LogP contribution in [0.1, 0.15) is 24.2 Å². The van der Waals surface area contributed by atoms with E-state index < -0.39 is 17.3 Å². The molecule has 1 N–H and O–H groups in total. The number of aliphatic carboxylic acids is 1. The van der Waals surface area contributed by atoms with Gasteiger partial charge in [0.1, 0.15) is 6.04 Å². The fraction of sp³-hybridized carbons (Fsp3) is 0.318. The van der Waals surface area contributed by atoms with Crippen molar-refractivity contribution in [3.8, 4) is 0 Å². The van der Waals surface area contributed by atoms with Crippen LogP contribution < -0.4 is 0 Å². The molecular weight excluding hydrogens is 406 g/mol. The zero-order valence-electron chi connectivity index (χ0n) is 16.2. The lowest BCUT2D eigenvalue weighted by Crippen LogP contribution is -2.46. The first-order valence-corrected chi connectivity index (χ1v) is 11.2. The van der Waals surface area contributed by atoms with Gasteiger partial charge < -0.3 is 10.0 Å². The first-order valence-electron chi connectivity index (χ1n) is 9.39. The molecule has 0 bridgehead atoms. The number of thioether (sulfide) groups is 2. The summed E-state index contributed by atoms with van der Waals surface area (Å²) in [6, 6.07) is 17.4. The van der Waals surface area contributed by atoms with E-state index in [-0.39, 0.29) is 22.2 Å². The molecule has 2 aromatic rings. The Labute approximate surface area is 178 Å². The minimum atomic E-state index is -1.08. The Kier molecular flexibility index (Phi) is 7.03. The van der Waals surface area contributed by atoms with E-state index in [0.29, 0.717) is 12.1 Å². The molecule has 2 aromatic carbocycles. The number of likely N-dealkylation sites (tertiary alicyclic amines) is 1. The van der Waals surface area contributed by atoms with E-state index in [1.807, 2.05) is 36.4 Å². The summed E-state index contributed by atoms with van der Waals surface area (Å²) in [7, 11) is 0.